The number of rotatable bonds is 6. The predicted molar refractivity (Wildman–Crippen MR) is 61.8 cm³/mol. The fraction of sp³-hybridized carbons (Fsp3) is 0.818. The Bertz CT molecular complexity index is 293. The SMILES string of the molecule is CCCc1c(CCN)nnn1C(C)CC. The van der Waals surface area contributed by atoms with E-state index in [0.29, 0.717) is 12.6 Å². The van der Waals surface area contributed by atoms with Gasteiger partial charge in [0.15, 0.2) is 0 Å². The van der Waals surface area contributed by atoms with Crippen LogP contribution >= 0.6 is 0 Å². The highest BCUT2D eigenvalue weighted by atomic mass is 15.4. The monoisotopic (exact) mass is 210 g/mol. The van der Waals surface area contributed by atoms with E-state index in [2.05, 4.69) is 35.8 Å². The van der Waals surface area contributed by atoms with Crippen LogP contribution in [0.3, 0.4) is 0 Å². The lowest BCUT2D eigenvalue weighted by Gasteiger charge is -2.12. The van der Waals surface area contributed by atoms with Gasteiger partial charge in [-0.25, -0.2) is 4.68 Å². The van der Waals surface area contributed by atoms with Gasteiger partial charge < -0.3 is 5.73 Å². The fourth-order valence-electron chi connectivity index (χ4n) is 1.70. The van der Waals surface area contributed by atoms with Gasteiger partial charge in [-0.1, -0.05) is 25.5 Å². The molecule has 0 bridgehead atoms. The van der Waals surface area contributed by atoms with Crippen molar-refractivity contribution in [2.75, 3.05) is 6.54 Å². The molecule has 0 spiro atoms. The Hall–Kier alpha value is -0.900. The summed E-state index contributed by atoms with van der Waals surface area (Å²) in [5.41, 5.74) is 7.92. The molecule has 1 unspecified atom stereocenters. The Morgan fingerprint density at radius 3 is 2.60 bits per heavy atom. The van der Waals surface area contributed by atoms with Crippen LogP contribution < -0.4 is 5.73 Å². The van der Waals surface area contributed by atoms with Crippen molar-refractivity contribution in [3.63, 3.8) is 0 Å². The first kappa shape index (κ1) is 12.2. The molecule has 1 heterocycles. The quantitative estimate of drug-likeness (QED) is 0.777. The van der Waals surface area contributed by atoms with Gasteiger partial charge in [0.25, 0.3) is 0 Å². The molecule has 0 aliphatic carbocycles. The molecule has 0 saturated carbocycles. The van der Waals surface area contributed by atoms with Crippen molar-refractivity contribution < 1.29 is 0 Å². The third-order valence-electron chi connectivity index (χ3n) is 2.75. The molecule has 1 rings (SSSR count). The number of nitrogens with zero attached hydrogens (tertiary/aromatic N) is 3. The van der Waals surface area contributed by atoms with E-state index in [-0.39, 0.29) is 0 Å². The second-order valence-electron chi connectivity index (χ2n) is 3.97. The van der Waals surface area contributed by atoms with E-state index in [1.54, 1.807) is 0 Å². The zero-order chi connectivity index (χ0) is 11.3. The van der Waals surface area contributed by atoms with Gasteiger partial charge in [0.2, 0.25) is 0 Å². The molecule has 0 saturated heterocycles. The number of aromatic nitrogens is 3. The second kappa shape index (κ2) is 5.85. The molecule has 0 amide bonds. The first-order valence-corrected chi connectivity index (χ1v) is 5.87. The number of hydrogen-bond acceptors (Lipinski definition) is 3. The summed E-state index contributed by atoms with van der Waals surface area (Å²) in [6.07, 6.45) is 4.10. The summed E-state index contributed by atoms with van der Waals surface area (Å²) < 4.78 is 2.06. The van der Waals surface area contributed by atoms with E-state index in [1.165, 1.54) is 5.69 Å². The molecule has 0 aromatic carbocycles. The molecule has 15 heavy (non-hydrogen) atoms. The van der Waals surface area contributed by atoms with Crippen LogP contribution in [0, 0.1) is 0 Å². The molecule has 2 N–H and O–H groups in total. The molecule has 86 valence electrons. The number of nitrogens with two attached hydrogens (primary N) is 1. The summed E-state index contributed by atoms with van der Waals surface area (Å²) in [5, 5.41) is 8.46. The van der Waals surface area contributed by atoms with Gasteiger partial charge in [0, 0.05) is 6.42 Å². The Morgan fingerprint density at radius 1 is 1.33 bits per heavy atom. The number of hydrogen-bond donors (Lipinski definition) is 1. The van der Waals surface area contributed by atoms with Crippen LogP contribution in [0.4, 0.5) is 0 Å². The minimum absolute atomic E-state index is 0.436. The average molecular weight is 210 g/mol. The van der Waals surface area contributed by atoms with Crippen LogP contribution in [-0.2, 0) is 12.8 Å². The highest BCUT2D eigenvalue weighted by Crippen LogP contribution is 2.16. The molecule has 4 heteroatoms. The van der Waals surface area contributed by atoms with E-state index in [0.717, 1.165) is 31.4 Å². The van der Waals surface area contributed by atoms with Gasteiger partial charge >= 0.3 is 0 Å². The van der Waals surface area contributed by atoms with Crippen LogP contribution in [0.5, 0.6) is 0 Å². The zero-order valence-corrected chi connectivity index (χ0v) is 10.0. The Labute approximate surface area is 91.9 Å². The summed E-state index contributed by atoms with van der Waals surface area (Å²) in [7, 11) is 0. The van der Waals surface area contributed by atoms with Gasteiger partial charge in [-0.15, -0.1) is 5.10 Å². The van der Waals surface area contributed by atoms with Crippen LogP contribution in [0.2, 0.25) is 0 Å². The van der Waals surface area contributed by atoms with Crippen molar-refractivity contribution in [1.29, 1.82) is 0 Å². The lowest BCUT2D eigenvalue weighted by Crippen LogP contribution is -2.11. The zero-order valence-electron chi connectivity index (χ0n) is 10.0. The van der Waals surface area contributed by atoms with Gasteiger partial charge in [-0.3, -0.25) is 0 Å². The second-order valence-corrected chi connectivity index (χ2v) is 3.97. The Balaban J connectivity index is 2.94. The predicted octanol–water partition coefficient (Wildman–Crippen LogP) is 1.70. The highest BCUT2D eigenvalue weighted by molar-refractivity contribution is 5.11. The highest BCUT2D eigenvalue weighted by Gasteiger charge is 2.14. The van der Waals surface area contributed by atoms with Crippen molar-refractivity contribution in [2.45, 2.75) is 52.5 Å². The van der Waals surface area contributed by atoms with E-state index in [4.69, 9.17) is 5.73 Å². The maximum atomic E-state index is 5.57. The maximum absolute atomic E-state index is 5.57. The van der Waals surface area contributed by atoms with Crippen molar-refractivity contribution in [3.05, 3.63) is 11.4 Å². The summed E-state index contributed by atoms with van der Waals surface area (Å²) in [5.74, 6) is 0. The van der Waals surface area contributed by atoms with Crippen molar-refractivity contribution >= 4 is 0 Å². The van der Waals surface area contributed by atoms with Gasteiger partial charge in [-0.05, 0) is 26.3 Å². The largest absolute Gasteiger partial charge is 0.330 e. The van der Waals surface area contributed by atoms with Crippen LogP contribution in [-0.4, -0.2) is 21.5 Å². The van der Waals surface area contributed by atoms with Crippen molar-refractivity contribution in [3.8, 4) is 0 Å². The summed E-state index contributed by atoms with van der Waals surface area (Å²) in [6, 6.07) is 0.436. The Kier molecular flexibility index (Phi) is 4.75. The molecule has 0 aliphatic rings. The molecule has 0 fully saturated rings. The first-order chi connectivity index (χ1) is 7.24. The summed E-state index contributed by atoms with van der Waals surface area (Å²) in [6.45, 7) is 7.18. The third kappa shape index (κ3) is 2.78. The summed E-state index contributed by atoms with van der Waals surface area (Å²) in [4.78, 5) is 0. The van der Waals surface area contributed by atoms with Crippen LogP contribution in [0.1, 0.15) is 51.0 Å². The first-order valence-electron chi connectivity index (χ1n) is 5.87. The Morgan fingerprint density at radius 2 is 2.07 bits per heavy atom. The van der Waals surface area contributed by atoms with Gasteiger partial charge in [-0.2, -0.15) is 0 Å². The minimum atomic E-state index is 0.436. The van der Waals surface area contributed by atoms with E-state index in [9.17, 15) is 0 Å². The molecule has 1 aromatic heterocycles. The molecule has 4 nitrogen and oxygen atoms in total. The molecular weight excluding hydrogens is 188 g/mol. The van der Waals surface area contributed by atoms with Crippen molar-refractivity contribution in [2.24, 2.45) is 5.73 Å². The van der Waals surface area contributed by atoms with E-state index < -0.39 is 0 Å². The molecular formula is C11H22N4. The lowest BCUT2D eigenvalue weighted by atomic mass is 10.1. The lowest BCUT2D eigenvalue weighted by molar-refractivity contribution is 0.447. The van der Waals surface area contributed by atoms with Crippen LogP contribution in [0.15, 0.2) is 0 Å². The minimum Gasteiger partial charge on any atom is -0.330 e. The molecule has 1 atom stereocenters. The smallest absolute Gasteiger partial charge is 0.0871 e. The standard InChI is InChI=1S/C11H22N4/c1-4-6-11-10(7-8-12)13-14-15(11)9(3)5-2/h9H,4-8,12H2,1-3H3. The maximum Gasteiger partial charge on any atom is 0.0871 e. The van der Waals surface area contributed by atoms with Gasteiger partial charge in [0.05, 0.1) is 17.4 Å². The summed E-state index contributed by atoms with van der Waals surface area (Å²) >= 11 is 0. The van der Waals surface area contributed by atoms with Crippen LogP contribution in [0.25, 0.3) is 0 Å². The van der Waals surface area contributed by atoms with Crippen molar-refractivity contribution in [1.82, 2.24) is 15.0 Å². The average Bonchev–Trinajstić information content (AvgIpc) is 2.62. The molecule has 0 radical (unpaired) electrons. The van der Waals surface area contributed by atoms with Gasteiger partial charge in [0.1, 0.15) is 0 Å². The molecule has 1 aromatic rings. The third-order valence-corrected chi connectivity index (χ3v) is 2.75. The fourth-order valence-corrected chi connectivity index (χ4v) is 1.70. The van der Waals surface area contributed by atoms with E-state index in [1.807, 2.05) is 0 Å². The van der Waals surface area contributed by atoms with E-state index >= 15 is 0 Å². The molecule has 0 aliphatic heterocycles. The normalized spacial score (nSPS) is 13.1. The topological polar surface area (TPSA) is 56.7 Å².